The van der Waals surface area contributed by atoms with Crippen molar-refractivity contribution < 1.29 is 104 Å². The molecule has 0 aliphatic carbocycles. The van der Waals surface area contributed by atoms with Crippen LogP contribution >= 0.6 is 0 Å². The Labute approximate surface area is 581 Å². The van der Waals surface area contributed by atoms with Crippen LogP contribution in [0.2, 0.25) is 0 Å². The Morgan fingerprint density at radius 1 is 0.536 bits per heavy atom. The molecule has 0 spiro atoms. The van der Waals surface area contributed by atoms with Gasteiger partial charge < -0.3 is 100 Å². The van der Waals surface area contributed by atoms with Crippen LogP contribution < -0.4 is 10.6 Å². The minimum absolute atomic E-state index is 0.205. The summed E-state index contributed by atoms with van der Waals surface area (Å²) in [6, 6.07) is -2.61. The summed E-state index contributed by atoms with van der Waals surface area (Å²) in [7, 11) is 0. The zero-order valence-electron chi connectivity index (χ0n) is 60.0. The predicted molar refractivity (Wildman–Crippen MR) is 371 cm³/mol. The van der Waals surface area contributed by atoms with Crippen LogP contribution in [-0.2, 0) is 42.8 Å². The fourth-order valence-electron chi connectivity index (χ4n) is 13.6. The topological polar surface area (TPSA) is 373 Å². The molecule has 97 heavy (non-hydrogen) atoms. The number of carbonyl (C=O) groups is 3. The lowest BCUT2D eigenvalue weighted by Gasteiger charge is -2.50. The molecule has 18 unspecified atom stereocenters. The number of aliphatic hydroxyl groups is 11. The molecule has 14 N–H and O–H groups in total. The number of carboxylic acids is 1. The van der Waals surface area contributed by atoms with E-state index in [1.54, 1.807) is 6.08 Å². The molecular formula is C74H138N2O21. The van der Waals surface area contributed by atoms with E-state index in [4.69, 9.17) is 28.4 Å². The normalized spacial score (nSPS) is 27.4. The van der Waals surface area contributed by atoms with Gasteiger partial charge in [-0.1, -0.05) is 276 Å². The van der Waals surface area contributed by atoms with E-state index in [1.165, 1.54) is 212 Å². The maximum atomic E-state index is 13.5. The number of carbonyl (C=O) groups excluding carboxylic acids is 2. The molecule has 3 rings (SSSR count). The van der Waals surface area contributed by atoms with Gasteiger partial charge in [0, 0.05) is 19.8 Å². The van der Waals surface area contributed by atoms with Crippen molar-refractivity contribution in [1.29, 1.82) is 0 Å². The van der Waals surface area contributed by atoms with E-state index in [-0.39, 0.29) is 12.3 Å². The van der Waals surface area contributed by atoms with Crippen molar-refractivity contribution in [1.82, 2.24) is 10.6 Å². The first kappa shape index (κ1) is 88.7. The molecule has 23 nitrogen and oxygen atoms in total. The Balaban J connectivity index is 1.46. The van der Waals surface area contributed by atoms with Crippen LogP contribution in [0.3, 0.4) is 0 Å². The minimum Gasteiger partial charge on any atom is -0.477 e. The number of allylic oxidation sites excluding steroid dienone is 1. The van der Waals surface area contributed by atoms with Crippen molar-refractivity contribution >= 4 is 17.8 Å². The number of ether oxygens (including phenoxy) is 6. The minimum atomic E-state index is -3.08. The number of aliphatic carboxylic acids is 1. The first-order valence-corrected chi connectivity index (χ1v) is 38.6. The molecular weight excluding hydrogens is 1250 g/mol. The molecule has 3 saturated heterocycles. The SMILES string of the molecule is CCCCCCCCCCCC/C=C/C(O)C(COC1OC(CO)C(OC2OC(CO)C(O)C(OC3(C(=O)O)CC(O)C(NC(C)=O)C(C(O)C(O)CO)O3)C2O)C(O)C1O)NC(=O)CCCCCCCCCCCCCCCCCCCCCCCCCCCCCCCCC. The van der Waals surface area contributed by atoms with Crippen LogP contribution in [0.5, 0.6) is 0 Å². The summed E-state index contributed by atoms with van der Waals surface area (Å²) >= 11 is 0. The third kappa shape index (κ3) is 35.5. The smallest absolute Gasteiger partial charge is 0.364 e. The van der Waals surface area contributed by atoms with Gasteiger partial charge in [0.05, 0.1) is 50.7 Å². The van der Waals surface area contributed by atoms with Crippen LogP contribution in [0.15, 0.2) is 12.2 Å². The zero-order chi connectivity index (χ0) is 71.1. The number of aliphatic hydroxyl groups excluding tert-OH is 11. The van der Waals surface area contributed by atoms with Crippen LogP contribution in [0.1, 0.15) is 303 Å². The van der Waals surface area contributed by atoms with Crippen molar-refractivity contribution in [3.05, 3.63) is 12.2 Å². The van der Waals surface area contributed by atoms with E-state index in [2.05, 4.69) is 24.5 Å². The van der Waals surface area contributed by atoms with E-state index in [1.807, 2.05) is 6.08 Å². The highest BCUT2D eigenvalue weighted by molar-refractivity contribution is 5.77. The maximum Gasteiger partial charge on any atom is 0.364 e. The third-order valence-corrected chi connectivity index (χ3v) is 19.7. The maximum absolute atomic E-state index is 13.5. The summed E-state index contributed by atoms with van der Waals surface area (Å²) in [6.07, 6.45) is 27.2. The van der Waals surface area contributed by atoms with Crippen molar-refractivity contribution in [2.45, 2.75) is 413 Å². The second kappa shape index (κ2) is 54.2. The van der Waals surface area contributed by atoms with Gasteiger partial charge in [-0.2, -0.15) is 0 Å². The summed E-state index contributed by atoms with van der Waals surface area (Å²) < 4.78 is 34.8. The van der Waals surface area contributed by atoms with Gasteiger partial charge in [0.2, 0.25) is 11.8 Å². The molecule has 3 aliphatic rings. The van der Waals surface area contributed by atoms with E-state index in [0.717, 1.165) is 51.9 Å². The lowest BCUT2D eigenvalue weighted by atomic mass is 9.88. The summed E-state index contributed by atoms with van der Waals surface area (Å²) in [5.74, 6) is -6.13. The average molecular weight is 1390 g/mol. The highest BCUT2D eigenvalue weighted by Gasteiger charge is 2.60. The van der Waals surface area contributed by atoms with Gasteiger partial charge in [-0.25, -0.2) is 4.79 Å². The molecule has 23 heteroatoms. The Hall–Kier alpha value is -2.53. The Morgan fingerprint density at radius 2 is 0.959 bits per heavy atom. The first-order chi connectivity index (χ1) is 46.9. The zero-order valence-corrected chi connectivity index (χ0v) is 60.0. The molecule has 570 valence electrons. The monoisotopic (exact) mass is 1390 g/mol. The van der Waals surface area contributed by atoms with Crippen LogP contribution in [0, 0.1) is 0 Å². The quantitative estimate of drug-likeness (QED) is 0.0199. The van der Waals surface area contributed by atoms with Crippen LogP contribution in [0.4, 0.5) is 0 Å². The summed E-state index contributed by atoms with van der Waals surface area (Å²) in [5, 5.41) is 136. The number of amides is 2. The van der Waals surface area contributed by atoms with Gasteiger partial charge in [0.25, 0.3) is 5.79 Å². The molecule has 0 aromatic rings. The Kier molecular flexibility index (Phi) is 49.5. The predicted octanol–water partition coefficient (Wildman–Crippen LogP) is 9.02. The molecule has 2 amide bonds. The number of unbranched alkanes of at least 4 members (excludes halogenated alkanes) is 40. The van der Waals surface area contributed by atoms with E-state index >= 15 is 0 Å². The number of rotatable bonds is 60. The standard InChI is InChI=1S/C74H138N2O21/c1-4-6-8-10-12-14-16-18-19-20-21-22-23-24-25-26-27-28-29-30-31-32-33-34-35-36-38-40-42-44-46-48-61(84)76-55(56(81)47-45-43-41-39-37-17-15-13-11-9-7-5-2)53-92-71-66(88)65(87)68(60(52-79)94-71)95-72-67(89)70(64(86)59(51-78)93-72)97-74(73(90)91)49-57(82)62(75-54(3)80)69(96-74)63(85)58(83)50-77/h45,47,55-60,62-72,77-79,81-83,85-89H,4-44,46,48-53H2,1-3H3,(H,75,80)(H,76,84)(H,90,91)/b47-45+. The van der Waals surface area contributed by atoms with Gasteiger partial charge in [-0.05, 0) is 19.3 Å². The number of nitrogens with one attached hydrogen (secondary N) is 2. The van der Waals surface area contributed by atoms with E-state index in [9.17, 15) is 75.7 Å². The second-order valence-corrected chi connectivity index (χ2v) is 28.2. The molecule has 3 aliphatic heterocycles. The molecule has 0 bridgehead atoms. The largest absolute Gasteiger partial charge is 0.477 e. The van der Waals surface area contributed by atoms with Gasteiger partial charge >= 0.3 is 5.97 Å². The summed E-state index contributed by atoms with van der Waals surface area (Å²) in [4.78, 5) is 38.6. The van der Waals surface area contributed by atoms with Crippen LogP contribution in [0.25, 0.3) is 0 Å². The van der Waals surface area contributed by atoms with Gasteiger partial charge in [0.15, 0.2) is 12.6 Å². The number of hydrogen-bond acceptors (Lipinski definition) is 20. The number of hydrogen-bond donors (Lipinski definition) is 14. The third-order valence-electron chi connectivity index (χ3n) is 19.7. The highest BCUT2D eigenvalue weighted by Crippen LogP contribution is 2.39. The van der Waals surface area contributed by atoms with Crippen molar-refractivity contribution in [2.75, 3.05) is 26.4 Å². The van der Waals surface area contributed by atoms with Crippen molar-refractivity contribution in [2.24, 2.45) is 0 Å². The van der Waals surface area contributed by atoms with Crippen molar-refractivity contribution in [3.8, 4) is 0 Å². The molecule has 3 heterocycles. The lowest BCUT2D eigenvalue weighted by molar-refractivity contribution is -0.386. The number of carboxylic acid groups (broad SMARTS) is 1. The second-order valence-electron chi connectivity index (χ2n) is 28.2. The van der Waals surface area contributed by atoms with E-state index < -0.39 is 155 Å². The molecule has 18 atom stereocenters. The fraction of sp³-hybridized carbons (Fsp3) is 0.932. The van der Waals surface area contributed by atoms with Gasteiger partial charge in [-0.3, -0.25) is 9.59 Å². The molecule has 3 fully saturated rings. The highest BCUT2D eigenvalue weighted by atomic mass is 16.8. The first-order valence-electron chi connectivity index (χ1n) is 38.6. The lowest BCUT2D eigenvalue weighted by Crippen LogP contribution is -2.70. The van der Waals surface area contributed by atoms with Crippen molar-refractivity contribution in [3.63, 3.8) is 0 Å². The summed E-state index contributed by atoms with van der Waals surface area (Å²) in [5.41, 5.74) is 0. The van der Waals surface area contributed by atoms with Crippen LogP contribution in [-0.4, -0.2) is 215 Å². The molecule has 0 aromatic heterocycles. The van der Waals surface area contributed by atoms with Gasteiger partial charge in [-0.15, -0.1) is 0 Å². The average Bonchev–Trinajstić information content (AvgIpc) is 0.758. The van der Waals surface area contributed by atoms with Gasteiger partial charge in [0.1, 0.15) is 67.1 Å². The molecule has 0 saturated carbocycles. The molecule has 0 aromatic carbocycles. The Bertz CT molecular complexity index is 2000. The fourth-order valence-corrected chi connectivity index (χ4v) is 13.6. The summed E-state index contributed by atoms with van der Waals surface area (Å²) in [6.45, 7) is 2.15. The van der Waals surface area contributed by atoms with E-state index in [0.29, 0.717) is 12.8 Å². The Morgan fingerprint density at radius 3 is 1.37 bits per heavy atom. The molecule has 0 radical (unpaired) electrons.